The maximum atomic E-state index is 13.0. The van der Waals surface area contributed by atoms with E-state index >= 15 is 0 Å². The quantitative estimate of drug-likeness (QED) is 0.698. The molecule has 5 rings (SSSR count). The van der Waals surface area contributed by atoms with Crippen molar-refractivity contribution in [2.24, 2.45) is 5.92 Å². The van der Waals surface area contributed by atoms with E-state index in [9.17, 15) is 4.79 Å². The van der Waals surface area contributed by atoms with Crippen LogP contribution in [0.1, 0.15) is 56.1 Å². The molecule has 2 aromatic carbocycles. The third-order valence-electron chi connectivity index (χ3n) is 6.76. The highest BCUT2D eigenvalue weighted by Gasteiger charge is 2.41. The van der Waals surface area contributed by atoms with Gasteiger partial charge in [0, 0.05) is 18.0 Å². The van der Waals surface area contributed by atoms with E-state index in [-0.39, 0.29) is 12.0 Å². The minimum Gasteiger partial charge on any atom is -0.448 e. The molecule has 2 bridgehead atoms. The zero-order valence-corrected chi connectivity index (χ0v) is 15.9. The Balaban J connectivity index is 1.35. The number of hydrogen-bond donors (Lipinski definition) is 0. The molecule has 2 atom stereocenters. The number of fused-ring (bicyclic) bond motifs is 5. The largest absolute Gasteiger partial charge is 0.448 e. The molecule has 1 amide bonds. The molecule has 2 heterocycles. The lowest BCUT2D eigenvalue weighted by molar-refractivity contribution is 0.00799. The summed E-state index contributed by atoms with van der Waals surface area (Å²) in [5.41, 5.74) is 5.11. The predicted molar refractivity (Wildman–Crippen MR) is 107 cm³/mol. The van der Waals surface area contributed by atoms with Gasteiger partial charge in [-0.2, -0.15) is 0 Å². The van der Waals surface area contributed by atoms with E-state index in [4.69, 9.17) is 4.74 Å². The smallest absolute Gasteiger partial charge is 0.410 e. The molecule has 2 unspecified atom stereocenters. The average Bonchev–Trinajstić information content (AvgIpc) is 2.99. The van der Waals surface area contributed by atoms with Crippen LogP contribution >= 0.6 is 0 Å². The summed E-state index contributed by atoms with van der Waals surface area (Å²) in [4.78, 5) is 15.1. The number of benzene rings is 2. The second kappa shape index (κ2) is 6.70. The average molecular weight is 361 g/mol. The van der Waals surface area contributed by atoms with E-state index in [0.717, 1.165) is 31.6 Å². The van der Waals surface area contributed by atoms with Crippen LogP contribution in [0.4, 0.5) is 4.79 Å². The SMILES string of the molecule is CC1CC2CCCC(C1)N2C(=O)OCC1c2ccccc2-c2ccccc21. The third-order valence-corrected chi connectivity index (χ3v) is 6.76. The number of piperidine rings is 2. The van der Waals surface area contributed by atoms with Gasteiger partial charge in [0.2, 0.25) is 0 Å². The summed E-state index contributed by atoms with van der Waals surface area (Å²) >= 11 is 0. The van der Waals surface area contributed by atoms with Gasteiger partial charge in [0.15, 0.2) is 0 Å². The van der Waals surface area contributed by atoms with Crippen LogP contribution < -0.4 is 0 Å². The van der Waals surface area contributed by atoms with Gasteiger partial charge in [0.05, 0.1) is 0 Å². The molecule has 2 saturated heterocycles. The molecule has 3 nitrogen and oxygen atoms in total. The Labute approximate surface area is 161 Å². The standard InChI is InChI=1S/C24H27NO2/c1-16-13-17-7-6-8-18(14-16)25(17)24(26)27-15-23-21-11-4-2-9-19(21)20-10-3-5-12-22(20)23/h2-5,9-12,16-18,23H,6-8,13-15H2,1H3. The van der Waals surface area contributed by atoms with E-state index in [1.807, 2.05) is 0 Å². The Bertz CT molecular complexity index is 801. The molecular weight excluding hydrogens is 334 g/mol. The fourth-order valence-corrected chi connectivity index (χ4v) is 5.62. The summed E-state index contributed by atoms with van der Waals surface area (Å²) in [6.45, 7) is 2.75. The number of rotatable bonds is 2. The fraction of sp³-hybridized carbons (Fsp3) is 0.458. The van der Waals surface area contributed by atoms with Gasteiger partial charge in [-0.25, -0.2) is 4.79 Å². The first-order chi connectivity index (χ1) is 13.2. The number of nitrogens with zero attached hydrogens (tertiary/aromatic N) is 1. The first-order valence-corrected chi connectivity index (χ1v) is 10.4. The molecule has 140 valence electrons. The minimum atomic E-state index is -0.0986. The molecule has 0 aromatic heterocycles. The number of amides is 1. The van der Waals surface area contributed by atoms with E-state index < -0.39 is 0 Å². The maximum Gasteiger partial charge on any atom is 0.410 e. The van der Waals surface area contributed by atoms with Crippen molar-refractivity contribution in [3.05, 3.63) is 59.7 Å². The summed E-state index contributed by atoms with van der Waals surface area (Å²) in [5.74, 6) is 0.864. The number of ether oxygens (including phenoxy) is 1. The van der Waals surface area contributed by atoms with Crippen molar-refractivity contribution in [1.82, 2.24) is 4.90 Å². The zero-order chi connectivity index (χ0) is 18.4. The lowest BCUT2D eigenvalue weighted by atomic mass is 9.79. The van der Waals surface area contributed by atoms with Crippen molar-refractivity contribution in [2.45, 2.75) is 57.0 Å². The van der Waals surface area contributed by atoms with Crippen molar-refractivity contribution < 1.29 is 9.53 Å². The minimum absolute atomic E-state index is 0.0986. The Kier molecular flexibility index (Phi) is 4.18. The monoisotopic (exact) mass is 361 g/mol. The van der Waals surface area contributed by atoms with Gasteiger partial charge in [-0.3, -0.25) is 0 Å². The first kappa shape index (κ1) is 16.9. The van der Waals surface area contributed by atoms with Crippen molar-refractivity contribution in [3.8, 4) is 11.1 Å². The predicted octanol–water partition coefficient (Wildman–Crippen LogP) is 5.59. The third kappa shape index (κ3) is 2.84. The Hall–Kier alpha value is -2.29. The summed E-state index contributed by atoms with van der Waals surface area (Å²) in [6.07, 6.45) is 5.66. The molecule has 0 saturated carbocycles. The molecule has 2 aromatic rings. The van der Waals surface area contributed by atoms with Crippen molar-refractivity contribution in [1.29, 1.82) is 0 Å². The van der Waals surface area contributed by atoms with Crippen LogP contribution in [0.2, 0.25) is 0 Å². The number of hydrogen-bond acceptors (Lipinski definition) is 2. The highest BCUT2D eigenvalue weighted by Crippen LogP contribution is 2.45. The van der Waals surface area contributed by atoms with Gasteiger partial charge in [-0.05, 0) is 60.3 Å². The van der Waals surface area contributed by atoms with E-state index in [1.165, 1.54) is 28.7 Å². The fourth-order valence-electron chi connectivity index (χ4n) is 5.62. The van der Waals surface area contributed by atoms with Gasteiger partial charge in [-0.1, -0.05) is 55.5 Å². The lowest BCUT2D eigenvalue weighted by Crippen LogP contribution is -2.54. The molecule has 3 aliphatic rings. The van der Waals surface area contributed by atoms with Gasteiger partial charge >= 0.3 is 6.09 Å². The Morgan fingerprint density at radius 2 is 1.52 bits per heavy atom. The molecule has 0 spiro atoms. The Morgan fingerprint density at radius 1 is 0.963 bits per heavy atom. The van der Waals surface area contributed by atoms with Crippen LogP contribution in [-0.2, 0) is 4.74 Å². The molecule has 2 fully saturated rings. The van der Waals surface area contributed by atoms with Crippen LogP contribution in [0.3, 0.4) is 0 Å². The van der Waals surface area contributed by atoms with Crippen molar-refractivity contribution in [2.75, 3.05) is 6.61 Å². The number of carbonyl (C=O) groups is 1. The van der Waals surface area contributed by atoms with Crippen molar-refractivity contribution in [3.63, 3.8) is 0 Å². The highest BCUT2D eigenvalue weighted by molar-refractivity contribution is 5.79. The van der Waals surface area contributed by atoms with Crippen LogP contribution in [0, 0.1) is 5.92 Å². The van der Waals surface area contributed by atoms with Crippen LogP contribution in [0.15, 0.2) is 48.5 Å². The van der Waals surface area contributed by atoms with Crippen LogP contribution in [-0.4, -0.2) is 29.7 Å². The van der Waals surface area contributed by atoms with Crippen LogP contribution in [0.25, 0.3) is 11.1 Å². The Morgan fingerprint density at radius 3 is 2.11 bits per heavy atom. The molecular formula is C24H27NO2. The van der Waals surface area contributed by atoms with Gasteiger partial charge < -0.3 is 9.64 Å². The zero-order valence-electron chi connectivity index (χ0n) is 15.9. The highest BCUT2D eigenvalue weighted by atomic mass is 16.6. The second-order valence-corrected chi connectivity index (χ2v) is 8.53. The van der Waals surface area contributed by atoms with E-state index in [0.29, 0.717) is 18.7 Å². The molecule has 3 heteroatoms. The van der Waals surface area contributed by atoms with E-state index in [1.54, 1.807) is 0 Å². The normalized spacial score (nSPS) is 26.4. The summed E-state index contributed by atoms with van der Waals surface area (Å²) in [6, 6.07) is 17.8. The molecule has 1 aliphatic carbocycles. The maximum absolute atomic E-state index is 13.0. The first-order valence-electron chi connectivity index (χ1n) is 10.4. The van der Waals surface area contributed by atoms with E-state index in [2.05, 4.69) is 60.4 Å². The summed E-state index contributed by atoms with van der Waals surface area (Å²) in [7, 11) is 0. The summed E-state index contributed by atoms with van der Waals surface area (Å²) in [5, 5.41) is 0. The molecule has 2 aliphatic heterocycles. The topological polar surface area (TPSA) is 29.5 Å². The summed E-state index contributed by atoms with van der Waals surface area (Å²) < 4.78 is 5.94. The second-order valence-electron chi connectivity index (χ2n) is 8.53. The molecule has 0 N–H and O–H groups in total. The van der Waals surface area contributed by atoms with Crippen molar-refractivity contribution >= 4 is 6.09 Å². The van der Waals surface area contributed by atoms with Gasteiger partial charge in [0.1, 0.15) is 6.61 Å². The van der Waals surface area contributed by atoms with Gasteiger partial charge in [0.25, 0.3) is 0 Å². The lowest BCUT2D eigenvalue weighted by Gasteiger charge is -2.47. The number of carbonyl (C=O) groups excluding carboxylic acids is 1. The molecule has 0 radical (unpaired) electrons. The van der Waals surface area contributed by atoms with Crippen LogP contribution in [0.5, 0.6) is 0 Å². The van der Waals surface area contributed by atoms with Gasteiger partial charge in [-0.15, -0.1) is 0 Å². The molecule has 27 heavy (non-hydrogen) atoms.